The van der Waals surface area contributed by atoms with Crippen LogP contribution in [0.15, 0.2) is 11.8 Å². The third kappa shape index (κ3) is 3.76. The van der Waals surface area contributed by atoms with Crippen molar-refractivity contribution in [3.63, 3.8) is 0 Å². The summed E-state index contributed by atoms with van der Waals surface area (Å²) in [4.78, 5) is 10.6. The van der Waals surface area contributed by atoms with Gasteiger partial charge in [0.1, 0.15) is 0 Å². The van der Waals surface area contributed by atoms with Gasteiger partial charge in [-0.2, -0.15) is 0 Å². The molecule has 0 radical (unpaired) electrons. The van der Waals surface area contributed by atoms with Crippen molar-refractivity contribution in [3.8, 4) is 0 Å². The van der Waals surface area contributed by atoms with E-state index in [1.807, 2.05) is 26.8 Å². The lowest BCUT2D eigenvalue weighted by Crippen LogP contribution is -2.19. The van der Waals surface area contributed by atoms with E-state index in [-0.39, 0.29) is 5.91 Å². The smallest absolute Gasteiger partial charge is 0.223 e. The standard InChI is InChI=1S/C7H13NO/c1-4-6(3)8-7(9)5-2/h4H,5H2,1-3H3,(H,8,9). The van der Waals surface area contributed by atoms with Gasteiger partial charge in [0.25, 0.3) is 0 Å². The molecule has 0 atom stereocenters. The number of amides is 1. The Bertz CT molecular complexity index is 127. The molecule has 0 aliphatic carbocycles. The first-order chi connectivity index (χ1) is 4.20. The van der Waals surface area contributed by atoms with Gasteiger partial charge < -0.3 is 5.32 Å². The zero-order valence-electron chi connectivity index (χ0n) is 6.19. The first-order valence-electron chi connectivity index (χ1n) is 3.13. The first kappa shape index (κ1) is 8.21. The minimum Gasteiger partial charge on any atom is -0.330 e. The van der Waals surface area contributed by atoms with Gasteiger partial charge in [0.15, 0.2) is 0 Å². The molecule has 0 aliphatic rings. The van der Waals surface area contributed by atoms with Crippen LogP contribution in [-0.4, -0.2) is 5.91 Å². The summed E-state index contributed by atoms with van der Waals surface area (Å²) >= 11 is 0. The van der Waals surface area contributed by atoms with Gasteiger partial charge in [-0.1, -0.05) is 13.0 Å². The van der Waals surface area contributed by atoms with Crippen LogP contribution in [-0.2, 0) is 4.79 Å². The van der Waals surface area contributed by atoms with Crippen LogP contribution in [0.5, 0.6) is 0 Å². The van der Waals surface area contributed by atoms with E-state index < -0.39 is 0 Å². The van der Waals surface area contributed by atoms with Crippen molar-refractivity contribution in [3.05, 3.63) is 11.8 Å². The quantitative estimate of drug-likeness (QED) is 0.597. The molecule has 0 saturated heterocycles. The summed E-state index contributed by atoms with van der Waals surface area (Å²) in [5, 5.41) is 2.70. The Morgan fingerprint density at radius 2 is 2.22 bits per heavy atom. The number of hydrogen-bond acceptors (Lipinski definition) is 1. The Labute approximate surface area is 56.0 Å². The minimum atomic E-state index is 0.0746. The van der Waals surface area contributed by atoms with E-state index in [1.54, 1.807) is 0 Å². The fourth-order valence-corrected chi connectivity index (χ4v) is 0.380. The van der Waals surface area contributed by atoms with Crippen molar-refractivity contribution in [2.75, 3.05) is 0 Å². The summed E-state index contributed by atoms with van der Waals surface area (Å²) in [5.74, 6) is 0.0746. The average molecular weight is 127 g/mol. The Hall–Kier alpha value is -0.790. The van der Waals surface area contributed by atoms with Gasteiger partial charge >= 0.3 is 0 Å². The summed E-state index contributed by atoms with van der Waals surface area (Å²) in [6, 6.07) is 0. The van der Waals surface area contributed by atoms with Crippen molar-refractivity contribution >= 4 is 5.91 Å². The molecule has 1 amide bonds. The van der Waals surface area contributed by atoms with E-state index in [0.29, 0.717) is 6.42 Å². The zero-order valence-corrected chi connectivity index (χ0v) is 6.19. The van der Waals surface area contributed by atoms with Crippen molar-refractivity contribution < 1.29 is 4.79 Å². The summed E-state index contributed by atoms with van der Waals surface area (Å²) in [7, 11) is 0. The molecule has 0 aliphatic heterocycles. The average Bonchev–Trinajstić information content (AvgIpc) is 1.87. The van der Waals surface area contributed by atoms with Gasteiger partial charge in [-0.25, -0.2) is 0 Å². The Balaban J connectivity index is 3.60. The molecule has 0 unspecified atom stereocenters. The van der Waals surface area contributed by atoms with E-state index in [1.165, 1.54) is 0 Å². The highest BCUT2D eigenvalue weighted by atomic mass is 16.1. The van der Waals surface area contributed by atoms with Gasteiger partial charge in [-0.3, -0.25) is 4.79 Å². The van der Waals surface area contributed by atoms with Gasteiger partial charge in [-0.15, -0.1) is 0 Å². The highest BCUT2D eigenvalue weighted by Crippen LogP contribution is 1.85. The molecule has 1 N–H and O–H groups in total. The van der Waals surface area contributed by atoms with Crippen molar-refractivity contribution in [2.45, 2.75) is 27.2 Å². The maximum absolute atomic E-state index is 10.6. The minimum absolute atomic E-state index is 0.0746. The van der Waals surface area contributed by atoms with Crippen LogP contribution in [0, 0.1) is 0 Å². The highest BCUT2D eigenvalue weighted by molar-refractivity contribution is 5.77. The molecule has 0 heterocycles. The Morgan fingerprint density at radius 1 is 1.67 bits per heavy atom. The number of nitrogens with one attached hydrogen (secondary N) is 1. The van der Waals surface area contributed by atoms with E-state index in [9.17, 15) is 4.79 Å². The summed E-state index contributed by atoms with van der Waals surface area (Å²) in [6.45, 7) is 5.59. The van der Waals surface area contributed by atoms with Crippen molar-refractivity contribution in [2.24, 2.45) is 0 Å². The third-order valence-electron chi connectivity index (χ3n) is 1.09. The highest BCUT2D eigenvalue weighted by Gasteiger charge is 1.93. The van der Waals surface area contributed by atoms with E-state index >= 15 is 0 Å². The maximum Gasteiger partial charge on any atom is 0.223 e. The van der Waals surface area contributed by atoms with Gasteiger partial charge in [0.2, 0.25) is 5.91 Å². The summed E-state index contributed by atoms with van der Waals surface area (Å²) in [5.41, 5.74) is 0.918. The lowest BCUT2D eigenvalue weighted by molar-refractivity contribution is -0.120. The third-order valence-corrected chi connectivity index (χ3v) is 1.09. The van der Waals surface area contributed by atoms with Crippen molar-refractivity contribution in [1.82, 2.24) is 5.32 Å². The van der Waals surface area contributed by atoms with Crippen LogP contribution in [0.3, 0.4) is 0 Å². The number of hydrogen-bond donors (Lipinski definition) is 1. The molecule has 0 spiro atoms. The lowest BCUT2D eigenvalue weighted by atomic mass is 10.4. The van der Waals surface area contributed by atoms with Crippen LogP contribution in [0.2, 0.25) is 0 Å². The SMILES string of the molecule is CC=C(C)NC(=O)CC. The molecule has 0 fully saturated rings. The second kappa shape index (κ2) is 4.13. The normalized spacial score (nSPS) is 11.2. The number of carbonyl (C=O) groups excluding carboxylic acids is 1. The predicted molar refractivity (Wildman–Crippen MR) is 37.9 cm³/mol. The van der Waals surface area contributed by atoms with E-state index in [2.05, 4.69) is 5.32 Å². The number of allylic oxidation sites excluding steroid dienone is 2. The molecule has 0 saturated carbocycles. The topological polar surface area (TPSA) is 29.1 Å². The number of rotatable bonds is 2. The molecule has 2 heteroatoms. The predicted octanol–water partition coefficient (Wildman–Crippen LogP) is 1.44. The van der Waals surface area contributed by atoms with Crippen LogP contribution in [0.4, 0.5) is 0 Å². The molecule has 0 bridgehead atoms. The Kier molecular flexibility index (Phi) is 3.76. The molecule has 9 heavy (non-hydrogen) atoms. The van der Waals surface area contributed by atoms with E-state index in [0.717, 1.165) is 5.70 Å². The van der Waals surface area contributed by atoms with Crippen LogP contribution < -0.4 is 5.32 Å². The molecule has 0 aromatic carbocycles. The molecule has 0 aromatic rings. The van der Waals surface area contributed by atoms with E-state index in [4.69, 9.17) is 0 Å². The molecular formula is C7H13NO. The van der Waals surface area contributed by atoms with Gasteiger partial charge in [0, 0.05) is 12.1 Å². The number of carbonyl (C=O) groups is 1. The lowest BCUT2D eigenvalue weighted by Gasteiger charge is -1.99. The van der Waals surface area contributed by atoms with Crippen LogP contribution >= 0.6 is 0 Å². The Morgan fingerprint density at radius 3 is 2.56 bits per heavy atom. The van der Waals surface area contributed by atoms with Crippen LogP contribution in [0.25, 0.3) is 0 Å². The monoisotopic (exact) mass is 127 g/mol. The van der Waals surface area contributed by atoms with Gasteiger partial charge in [0.05, 0.1) is 0 Å². The zero-order chi connectivity index (χ0) is 7.28. The fraction of sp³-hybridized carbons (Fsp3) is 0.571. The van der Waals surface area contributed by atoms with Crippen molar-refractivity contribution in [1.29, 1.82) is 0 Å². The summed E-state index contributed by atoms with van der Waals surface area (Å²) < 4.78 is 0. The molecule has 0 rings (SSSR count). The van der Waals surface area contributed by atoms with Gasteiger partial charge in [-0.05, 0) is 13.8 Å². The first-order valence-corrected chi connectivity index (χ1v) is 3.13. The van der Waals surface area contributed by atoms with Crippen LogP contribution in [0.1, 0.15) is 27.2 Å². The molecule has 0 aromatic heterocycles. The second-order valence-corrected chi connectivity index (χ2v) is 1.87. The maximum atomic E-state index is 10.6. The molecule has 52 valence electrons. The summed E-state index contributed by atoms with van der Waals surface area (Å²) in [6.07, 6.45) is 2.42. The largest absolute Gasteiger partial charge is 0.330 e. The molecular weight excluding hydrogens is 114 g/mol. The fourth-order valence-electron chi connectivity index (χ4n) is 0.380. The second-order valence-electron chi connectivity index (χ2n) is 1.87. The molecule has 2 nitrogen and oxygen atoms in total.